The Labute approximate surface area is 142 Å². The van der Waals surface area contributed by atoms with Gasteiger partial charge >= 0.3 is 12.0 Å². The van der Waals surface area contributed by atoms with Gasteiger partial charge in [-0.05, 0) is 25.1 Å². The number of pyridine rings is 1. The first-order valence-corrected chi connectivity index (χ1v) is 7.34. The second-order valence-corrected chi connectivity index (χ2v) is 5.06. The van der Waals surface area contributed by atoms with Gasteiger partial charge in [0.1, 0.15) is 5.65 Å². The second kappa shape index (κ2) is 7.60. The number of ether oxygens (including phenoxy) is 1. The molecule has 24 heavy (non-hydrogen) atoms. The molecule has 0 aliphatic rings. The Morgan fingerprint density at radius 1 is 1.38 bits per heavy atom. The molecule has 0 saturated heterocycles. The van der Waals surface area contributed by atoms with Crippen molar-refractivity contribution in [3.8, 4) is 0 Å². The Balaban J connectivity index is 2.03. The monoisotopic (exact) mass is 350 g/mol. The highest BCUT2D eigenvalue weighted by Crippen LogP contribution is 2.18. The van der Waals surface area contributed by atoms with Crippen LogP contribution in [0.3, 0.4) is 0 Å². The molecule has 9 heteroatoms. The van der Waals surface area contributed by atoms with E-state index in [0.717, 1.165) is 6.08 Å². The quantitative estimate of drug-likeness (QED) is 0.641. The summed E-state index contributed by atoms with van der Waals surface area (Å²) >= 11 is 6.04. The molecule has 0 aliphatic carbocycles. The van der Waals surface area contributed by atoms with E-state index >= 15 is 0 Å². The molecule has 2 aromatic rings. The van der Waals surface area contributed by atoms with Crippen LogP contribution in [0.2, 0.25) is 5.15 Å². The van der Waals surface area contributed by atoms with Crippen molar-refractivity contribution in [1.29, 1.82) is 0 Å². The van der Waals surface area contributed by atoms with Gasteiger partial charge in [-0.3, -0.25) is 14.5 Å². The number of hydrogen-bond donors (Lipinski definition) is 2. The van der Waals surface area contributed by atoms with E-state index in [2.05, 4.69) is 10.3 Å². The standard InChI is InChI=1S/C15H15ClN4O4/c1-9(14(22)19-15(23)17-2)24-12(21)7-6-10-13(16)18-11-5-3-4-8-20(10)11/h3-9H,1-2H3,(H2,17,19,22,23)/b7-6+/t9-/m0/s1. The van der Waals surface area contributed by atoms with Gasteiger partial charge < -0.3 is 10.1 Å². The molecule has 0 saturated carbocycles. The highest BCUT2D eigenvalue weighted by molar-refractivity contribution is 6.31. The molecular formula is C15H15ClN4O4. The van der Waals surface area contributed by atoms with Gasteiger partial charge in [0, 0.05) is 19.3 Å². The minimum atomic E-state index is -1.13. The summed E-state index contributed by atoms with van der Waals surface area (Å²) in [5, 5.41) is 4.47. The number of rotatable bonds is 4. The van der Waals surface area contributed by atoms with Crippen LogP contribution >= 0.6 is 11.6 Å². The summed E-state index contributed by atoms with van der Waals surface area (Å²) in [5.74, 6) is -1.49. The first-order valence-electron chi connectivity index (χ1n) is 6.96. The van der Waals surface area contributed by atoms with Gasteiger partial charge in [0.2, 0.25) is 0 Å². The number of nitrogens with one attached hydrogen (secondary N) is 2. The fourth-order valence-corrected chi connectivity index (χ4v) is 2.07. The van der Waals surface area contributed by atoms with E-state index in [1.165, 1.54) is 20.0 Å². The third-order valence-corrected chi connectivity index (χ3v) is 3.30. The lowest BCUT2D eigenvalue weighted by atomic mass is 10.3. The van der Waals surface area contributed by atoms with Crippen LogP contribution in [-0.4, -0.2) is 40.4 Å². The summed E-state index contributed by atoms with van der Waals surface area (Å²) < 4.78 is 6.62. The Bertz CT molecular complexity index is 815. The number of fused-ring (bicyclic) bond motifs is 1. The van der Waals surface area contributed by atoms with Crippen LogP contribution in [0.15, 0.2) is 30.5 Å². The number of carbonyl (C=O) groups excluding carboxylic acids is 3. The summed E-state index contributed by atoms with van der Waals surface area (Å²) in [6.45, 7) is 1.35. The van der Waals surface area contributed by atoms with Crippen LogP contribution in [0.5, 0.6) is 0 Å². The number of imide groups is 1. The summed E-state index contributed by atoms with van der Waals surface area (Å²) in [5.41, 5.74) is 1.14. The zero-order chi connectivity index (χ0) is 17.7. The molecule has 1 atom stereocenters. The van der Waals surface area contributed by atoms with Gasteiger partial charge in [0.25, 0.3) is 5.91 Å². The van der Waals surface area contributed by atoms with Crippen molar-refractivity contribution in [3.63, 3.8) is 0 Å². The average Bonchev–Trinajstić information content (AvgIpc) is 2.87. The number of esters is 1. The zero-order valence-electron chi connectivity index (χ0n) is 12.9. The number of aromatic nitrogens is 2. The predicted octanol–water partition coefficient (Wildman–Crippen LogP) is 1.39. The van der Waals surface area contributed by atoms with Crippen molar-refractivity contribution >= 4 is 41.2 Å². The van der Waals surface area contributed by atoms with Crippen molar-refractivity contribution in [3.05, 3.63) is 41.3 Å². The van der Waals surface area contributed by atoms with E-state index in [4.69, 9.17) is 16.3 Å². The van der Waals surface area contributed by atoms with Crippen molar-refractivity contribution in [2.75, 3.05) is 7.05 Å². The van der Waals surface area contributed by atoms with Crippen LogP contribution in [-0.2, 0) is 14.3 Å². The van der Waals surface area contributed by atoms with Crippen LogP contribution in [0.25, 0.3) is 11.7 Å². The number of urea groups is 1. The lowest BCUT2D eigenvalue weighted by molar-refractivity contribution is -0.149. The first-order chi connectivity index (χ1) is 11.4. The first kappa shape index (κ1) is 17.5. The molecule has 0 aromatic carbocycles. The Hall–Kier alpha value is -2.87. The van der Waals surface area contributed by atoms with Gasteiger partial charge in [-0.25, -0.2) is 14.6 Å². The minimum absolute atomic E-state index is 0.232. The number of imidazole rings is 1. The molecule has 0 spiro atoms. The molecule has 2 heterocycles. The lowest BCUT2D eigenvalue weighted by Crippen LogP contribution is -2.43. The van der Waals surface area contributed by atoms with Gasteiger partial charge in [-0.2, -0.15) is 0 Å². The van der Waals surface area contributed by atoms with Gasteiger partial charge in [-0.1, -0.05) is 17.7 Å². The summed E-state index contributed by atoms with van der Waals surface area (Å²) in [7, 11) is 1.36. The largest absolute Gasteiger partial charge is 0.449 e. The molecule has 2 aromatic heterocycles. The SMILES string of the molecule is CNC(=O)NC(=O)[C@H](C)OC(=O)/C=C/c1c(Cl)nc2ccccn12. The Morgan fingerprint density at radius 3 is 2.83 bits per heavy atom. The van der Waals surface area contributed by atoms with E-state index in [0.29, 0.717) is 11.3 Å². The Morgan fingerprint density at radius 2 is 2.12 bits per heavy atom. The van der Waals surface area contributed by atoms with Gasteiger partial charge in [0.15, 0.2) is 11.3 Å². The number of nitrogens with zero attached hydrogens (tertiary/aromatic N) is 2. The highest BCUT2D eigenvalue weighted by atomic mass is 35.5. The summed E-state index contributed by atoms with van der Waals surface area (Å²) in [6.07, 6.45) is 3.19. The molecule has 0 fully saturated rings. The maximum atomic E-state index is 11.8. The maximum absolute atomic E-state index is 11.8. The lowest BCUT2D eigenvalue weighted by Gasteiger charge is -2.11. The van der Waals surface area contributed by atoms with Crippen molar-refractivity contribution < 1.29 is 19.1 Å². The molecular weight excluding hydrogens is 336 g/mol. The fraction of sp³-hybridized carbons (Fsp3) is 0.200. The number of halogens is 1. The molecule has 2 rings (SSSR count). The minimum Gasteiger partial charge on any atom is -0.449 e. The topological polar surface area (TPSA) is 102 Å². The summed E-state index contributed by atoms with van der Waals surface area (Å²) in [4.78, 5) is 38.6. The second-order valence-electron chi connectivity index (χ2n) is 4.70. The predicted molar refractivity (Wildman–Crippen MR) is 87.4 cm³/mol. The van der Waals surface area contributed by atoms with Crippen LogP contribution < -0.4 is 10.6 Å². The molecule has 3 amide bonds. The third-order valence-electron chi connectivity index (χ3n) is 3.03. The molecule has 0 radical (unpaired) electrons. The summed E-state index contributed by atoms with van der Waals surface area (Å²) in [6, 6.07) is 4.70. The molecule has 0 unspecified atom stereocenters. The number of hydrogen-bond acceptors (Lipinski definition) is 5. The van der Waals surface area contributed by atoms with E-state index in [1.54, 1.807) is 22.7 Å². The number of carbonyl (C=O) groups is 3. The van der Waals surface area contributed by atoms with E-state index < -0.39 is 24.0 Å². The van der Waals surface area contributed by atoms with E-state index in [1.807, 2.05) is 11.4 Å². The third kappa shape index (κ3) is 4.11. The van der Waals surface area contributed by atoms with E-state index in [-0.39, 0.29) is 5.15 Å². The van der Waals surface area contributed by atoms with Crippen molar-refractivity contribution in [1.82, 2.24) is 20.0 Å². The maximum Gasteiger partial charge on any atom is 0.331 e. The molecule has 8 nitrogen and oxygen atoms in total. The normalized spacial score (nSPS) is 12.1. The van der Waals surface area contributed by atoms with E-state index in [9.17, 15) is 14.4 Å². The Kier molecular flexibility index (Phi) is 5.54. The van der Waals surface area contributed by atoms with Gasteiger partial charge in [0.05, 0.1) is 5.69 Å². The number of amides is 3. The van der Waals surface area contributed by atoms with Crippen molar-refractivity contribution in [2.24, 2.45) is 0 Å². The van der Waals surface area contributed by atoms with Crippen LogP contribution in [0.1, 0.15) is 12.6 Å². The van der Waals surface area contributed by atoms with Crippen molar-refractivity contribution in [2.45, 2.75) is 13.0 Å². The smallest absolute Gasteiger partial charge is 0.331 e. The molecule has 126 valence electrons. The average molecular weight is 351 g/mol. The molecule has 0 bridgehead atoms. The molecule has 0 aliphatic heterocycles. The zero-order valence-corrected chi connectivity index (χ0v) is 13.7. The van der Waals surface area contributed by atoms with Crippen LogP contribution in [0.4, 0.5) is 4.79 Å². The highest BCUT2D eigenvalue weighted by Gasteiger charge is 2.18. The molecule has 2 N–H and O–H groups in total. The van der Waals surface area contributed by atoms with Crippen LogP contribution in [0, 0.1) is 0 Å². The fourth-order valence-electron chi connectivity index (χ4n) is 1.83. The van der Waals surface area contributed by atoms with Gasteiger partial charge in [-0.15, -0.1) is 0 Å².